The molecule has 0 saturated carbocycles. The van der Waals surface area contributed by atoms with Gasteiger partial charge in [0.15, 0.2) is 0 Å². The average Bonchev–Trinajstić information content (AvgIpc) is 2.45. The Balaban J connectivity index is 1.92. The lowest BCUT2D eigenvalue weighted by Gasteiger charge is -2.11. The topological polar surface area (TPSA) is 52.3 Å². The van der Waals surface area contributed by atoms with E-state index in [1.807, 2.05) is 19.1 Å². The number of ether oxygens (including phenoxy) is 1. The maximum atomic E-state index is 11.3. The van der Waals surface area contributed by atoms with Crippen molar-refractivity contribution in [1.29, 1.82) is 0 Å². The summed E-state index contributed by atoms with van der Waals surface area (Å²) in [5, 5.41) is 2.46. The van der Waals surface area contributed by atoms with Gasteiger partial charge in [0.1, 0.15) is 0 Å². The van der Waals surface area contributed by atoms with Crippen LogP contribution in [0.2, 0.25) is 0 Å². The van der Waals surface area contributed by atoms with Gasteiger partial charge in [-0.3, -0.25) is 4.79 Å². The largest absolute Gasteiger partial charge is 0.466 e. The van der Waals surface area contributed by atoms with Crippen LogP contribution in [0.25, 0.3) is 10.8 Å². The number of hydrogen-bond donors (Lipinski definition) is 1. The summed E-state index contributed by atoms with van der Waals surface area (Å²) in [5.74, 6) is -0.165. The van der Waals surface area contributed by atoms with E-state index in [-0.39, 0.29) is 12.0 Å². The number of esters is 1. The van der Waals surface area contributed by atoms with E-state index in [4.69, 9.17) is 10.5 Å². The zero-order valence-electron chi connectivity index (χ0n) is 11.8. The molecular formula is C17H21NO2. The zero-order valence-corrected chi connectivity index (χ0v) is 11.8. The summed E-state index contributed by atoms with van der Waals surface area (Å²) in [6.07, 6.45) is 1.83. The Hall–Kier alpha value is -1.87. The van der Waals surface area contributed by atoms with E-state index < -0.39 is 0 Å². The first kappa shape index (κ1) is 14.5. The molecule has 0 bridgehead atoms. The standard InChI is InChI=1S/C17H21NO2/c1-2-20-17(19)10-9-16(18)12-13-7-8-14-5-3-4-6-15(14)11-13/h3-8,11,16H,2,9-10,12,18H2,1H3. The Labute approximate surface area is 119 Å². The fourth-order valence-electron chi connectivity index (χ4n) is 2.31. The van der Waals surface area contributed by atoms with Gasteiger partial charge in [-0.05, 0) is 36.1 Å². The zero-order chi connectivity index (χ0) is 14.4. The number of carbonyl (C=O) groups excluding carboxylic acids is 1. The van der Waals surface area contributed by atoms with Gasteiger partial charge in [-0.25, -0.2) is 0 Å². The van der Waals surface area contributed by atoms with Crippen LogP contribution < -0.4 is 5.73 Å². The molecule has 20 heavy (non-hydrogen) atoms. The third kappa shape index (κ3) is 4.07. The van der Waals surface area contributed by atoms with E-state index >= 15 is 0 Å². The molecule has 3 heteroatoms. The number of benzene rings is 2. The van der Waals surface area contributed by atoms with Crippen molar-refractivity contribution in [3.8, 4) is 0 Å². The van der Waals surface area contributed by atoms with Gasteiger partial charge in [-0.1, -0.05) is 42.5 Å². The van der Waals surface area contributed by atoms with Crippen molar-refractivity contribution >= 4 is 16.7 Å². The van der Waals surface area contributed by atoms with Gasteiger partial charge in [0.2, 0.25) is 0 Å². The predicted octanol–water partition coefficient (Wildman–Crippen LogP) is 3.05. The molecule has 0 aliphatic heterocycles. The van der Waals surface area contributed by atoms with Crippen molar-refractivity contribution in [2.24, 2.45) is 5.73 Å². The number of carbonyl (C=O) groups is 1. The number of hydrogen-bond acceptors (Lipinski definition) is 3. The SMILES string of the molecule is CCOC(=O)CCC(N)Cc1ccc2ccccc2c1. The molecular weight excluding hydrogens is 250 g/mol. The van der Waals surface area contributed by atoms with Gasteiger partial charge in [0.25, 0.3) is 0 Å². The lowest BCUT2D eigenvalue weighted by Crippen LogP contribution is -2.24. The van der Waals surface area contributed by atoms with Crippen molar-refractivity contribution in [2.45, 2.75) is 32.2 Å². The van der Waals surface area contributed by atoms with Crippen LogP contribution in [0.1, 0.15) is 25.3 Å². The van der Waals surface area contributed by atoms with Gasteiger partial charge in [0, 0.05) is 12.5 Å². The maximum Gasteiger partial charge on any atom is 0.305 e. The van der Waals surface area contributed by atoms with Gasteiger partial charge in [-0.15, -0.1) is 0 Å². The van der Waals surface area contributed by atoms with Crippen LogP contribution >= 0.6 is 0 Å². The first-order valence-electron chi connectivity index (χ1n) is 7.08. The molecule has 0 heterocycles. The molecule has 106 valence electrons. The van der Waals surface area contributed by atoms with E-state index in [1.165, 1.54) is 16.3 Å². The Morgan fingerprint density at radius 1 is 1.20 bits per heavy atom. The Kier molecular flexibility index (Phi) is 5.13. The lowest BCUT2D eigenvalue weighted by molar-refractivity contribution is -0.143. The summed E-state index contributed by atoms with van der Waals surface area (Å²) in [4.78, 5) is 11.3. The predicted molar refractivity (Wildman–Crippen MR) is 81.5 cm³/mol. The number of rotatable bonds is 6. The molecule has 1 atom stereocenters. The van der Waals surface area contributed by atoms with Crippen LogP contribution in [0, 0.1) is 0 Å². The normalized spacial score (nSPS) is 12.3. The van der Waals surface area contributed by atoms with Gasteiger partial charge >= 0.3 is 5.97 Å². The summed E-state index contributed by atoms with van der Waals surface area (Å²) < 4.78 is 4.91. The molecule has 0 saturated heterocycles. The Morgan fingerprint density at radius 3 is 2.70 bits per heavy atom. The minimum atomic E-state index is -0.165. The molecule has 1 unspecified atom stereocenters. The highest BCUT2D eigenvalue weighted by atomic mass is 16.5. The van der Waals surface area contributed by atoms with E-state index in [1.54, 1.807) is 0 Å². The van der Waals surface area contributed by atoms with Crippen LogP contribution in [-0.4, -0.2) is 18.6 Å². The maximum absolute atomic E-state index is 11.3. The molecule has 0 radical (unpaired) electrons. The van der Waals surface area contributed by atoms with Crippen molar-refractivity contribution in [2.75, 3.05) is 6.61 Å². The summed E-state index contributed by atoms with van der Waals surface area (Å²) in [6.45, 7) is 2.24. The molecule has 0 amide bonds. The minimum absolute atomic E-state index is 0.0134. The van der Waals surface area contributed by atoms with Crippen LogP contribution in [0.3, 0.4) is 0 Å². The molecule has 3 nitrogen and oxygen atoms in total. The second-order valence-electron chi connectivity index (χ2n) is 4.99. The number of fused-ring (bicyclic) bond motifs is 1. The smallest absolute Gasteiger partial charge is 0.305 e. The van der Waals surface area contributed by atoms with Gasteiger partial charge in [-0.2, -0.15) is 0 Å². The van der Waals surface area contributed by atoms with Crippen LogP contribution in [0.15, 0.2) is 42.5 Å². The molecule has 0 spiro atoms. The van der Waals surface area contributed by atoms with E-state index in [0.29, 0.717) is 19.4 Å². The summed E-state index contributed by atoms with van der Waals surface area (Å²) in [5.41, 5.74) is 7.29. The average molecular weight is 271 g/mol. The lowest BCUT2D eigenvalue weighted by atomic mass is 10.00. The number of nitrogens with two attached hydrogens (primary N) is 1. The monoisotopic (exact) mass is 271 g/mol. The van der Waals surface area contributed by atoms with Crippen molar-refractivity contribution < 1.29 is 9.53 Å². The Morgan fingerprint density at radius 2 is 1.95 bits per heavy atom. The second kappa shape index (κ2) is 7.06. The second-order valence-corrected chi connectivity index (χ2v) is 4.99. The third-order valence-corrected chi connectivity index (χ3v) is 3.34. The van der Waals surface area contributed by atoms with E-state index in [9.17, 15) is 4.79 Å². The molecule has 2 N–H and O–H groups in total. The molecule has 0 aromatic heterocycles. The molecule has 2 aromatic rings. The van der Waals surface area contributed by atoms with Crippen molar-refractivity contribution in [3.63, 3.8) is 0 Å². The highest BCUT2D eigenvalue weighted by Gasteiger charge is 2.09. The molecule has 0 aliphatic rings. The van der Waals surface area contributed by atoms with E-state index in [2.05, 4.69) is 30.3 Å². The quantitative estimate of drug-likeness (QED) is 0.822. The highest BCUT2D eigenvalue weighted by molar-refractivity contribution is 5.83. The Bertz CT molecular complexity index is 580. The summed E-state index contributed by atoms with van der Waals surface area (Å²) in [6, 6.07) is 14.6. The van der Waals surface area contributed by atoms with Crippen LogP contribution in [-0.2, 0) is 16.0 Å². The summed E-state index contributed by atoms with van der Waals surface area (Å²) in [7, 11) is 0. The van der Waals surface area contributed by atoms with E-state index in [0.717, 1.165) is 6.42 Å². The first-order valence-corrected chi connectivity index (χ1v) is 7.08. The molecule has 0 aliphatic carbocycles. The fourth-order valence-corrected chi connectivity index (χ4v) is 2.31. The highest BCUT2D eigenvalue weighted by Crippen LogP contribution is 2.17. The van der Waals surface area contributed by atoms with Crippen molar-refractivity contribution in [3.05, 3.63) is 48.0 Å². The summed E-state index contributed by atoms with van der Waals surface area (Å²) >= 11 is 0. The van der Waals surface area contributed by atoms with Crippen molar-refractivity contribution in [1.82, 2.24) is 0 Å². The molecule has 0 fully saturated rings. The van der Waals surface area contributed by atoms with Gasteiger partial charge < -0.3 is 10.5 Å². The third-order valence-electron chi connectivity index (χ3n) is 3.34. The van der Waals surface area contributed by atoms with Crippen LogP contribution in [0.5, 0.6) is 0 Å². The molecule has 2 rings (SSSR count). The first-order chi connectivity index (χ1) is 9.69. The molecule has 2 aromatic carbocycles. The fraction of sp³-hybridized carbons (Fsp3) is 0.353. The van der Waals surface area contributed by atoms with Gasteiger partial charge in [0.05, 0.1) is 6.61 Å². The minimum Gasteiger partial charge on any atom is -0.466 e. The van der Waals surface area contributed by atoms with Crippen LogP contribution in [0.4, 0.5) is 0 Å².